The third kappa shape index (κ3) is 2.60. The number of amides is 1. The molecule has 0 spiro atoms. The lowest BCUT2D eigenvalue weighted by Gasteiger charge is -2.20. The number of rotatable bonds is 4. The summed E-state index contributed by atoms with van der Waals surface area (Å²) in [5.41, 5.74) is 1.12. The van der Waals surface area contributed by atoms with Gasteiger partial charge in [-0.2, -0.15) is 0 Å². The normalized spacial score (nSPS) is 28.4. The Labute approximate surface area is 114 Å². The van der Waals surface area contributed by atoms with Crippen LogP contribution in [0.25, 0.3) is 0 Å². The summed E-state index contributed by atoms with van der Waals surface area (Å²) in [5.74, 6) is 2.85. The molecule has 3 atom stereocenters. The summed E-state index contributed by atoms with van der Waals surface area (Å²) in [4.78, 5) is 12.2. The van der Waals surface area contributed by atoms with Crippen LogP contribution in [0.1, 0.15) is 31.2 Å². The van der Waals surface area contributed by atoms with Crippen LogP contribution >= 0.6 is 0 Å². The molecule has 0 saturated heterocycles. The van der Waals surface area contributed by atoms with Crippen LogP contribution in [-0.4, -0.2) is 13.0 Å². The minimum absolute atomic E-state index is 0.253. The van der Waals surface area contributed by atoms with Gasteiger partial charge in [0.2, 0.25) is 5.91 Å². The Bertz CT molecular complexity index is 454. The number of ether oxygens (including phenoxy) is 1. The van der Waals surface area contributed by atoms with Gasteiger partial charge in [0.25, 0.3) is 0 Å². The average Bonchev–Trinajstić information content (AvgIpc) is 3.08. The molecule has 1 amide bonds. The van der Waals surface area contributed by atoms with Crippen LogP contribution in [0.3, 0.4) is 0 Å². The summed E-state index contributed by atoms with van der Waals surface area (Å²) in [6, 6.07) is 7.86. The summed E-state index contributed by atoms with van der Waals surface area (Å²) in [6.07, 6.45) is 4.98. The first-order valence-corrected chi connectivity index (χ1v) is 7.17. The summed E-state index contributed by atoms with van der Waals surface area (Å²) < 4.78 is 5.12. The molecule has 2 bridgehead atoms. The third-order valence-electron chi connectivity index (χ3n) is 4.70. The molecule has 0 aliphatic heterocycles. The molecule has 3 heteroatoms. The molecule has 2 aliphatic carbocycles. The van der Waals surface area contributed by atoms with Gasteiger partial charge in [-0.3, -0.25) is 4.79 Å². The number of hydrogen-bond donors (Lipinski definition) is 1. The van der Waals surface area contributed by atoms with E-state index in [2.05, 4.69) is 5.32 Å². The zero-order valence-corrected chi connectivity index (χ0v) is 11.4. The van der Waals surface area contributed by atoms with Gasteiger partial charge in [-0.05, 0) is 48.8 Å². The smallest absolute Gasteiger partial charge is 0.223 e. The topological polar surface area (TPSA) is 38.3 Å². The SMILES string of the molecule is COc1ccc(CNC(=O)[C@H]2C[C@H]3CC[C@H]2C3)cc1. The fourth-order valence-electron chi connectivity index (χ4n) is 3.63. The Hall–Kier alpha value is -1.51. The summed E-state index contributed by atoms with van der Waals surface area (Å²) >= 11 is 0. The highest BCUT2D eigenvalue weighted by Gasteiger charge is 2.42. The van der Waals surface area contributed by atoms with Crippen molar-refractivity contribution in [3.05, 3.63) is 29.8 Å². The molecule has 3 nitrogen and oxygen atoms in total. The second-order valence-corrected chi connectivity index (χ2v) is 5.85. The van der Waals surface area contributed by atoms with E-state index in [0.717, 1.165) is 23.7 Å². The van der Waals surface area contributed by atoms with Gasteiger partial charge in [0.1, 0.15) is 5.75 Å². The molecule has 2 fully saturated rings. The first kappa shape index (κ1) is 12.5. The highest BCUT2D eigenvalue weighted by Crippen LogP contribution is 2.48. The first-order chi connectivity index (χ1) is 9.26. The maximum atomic E-state index is 12.2. The van der Waals surface area contributed by atoms with Gasteiger partial charge in [-0.15, -0.1) is 0 Å². The van der Waals surface area contributed by atoms with E-state index in [9.17, 15) is 4.79 Å². The summed E-state index contributed by atoms with van der Waals surface area (Å²) in [5, 5.41) is 3.08. The Balaban J connectivity index is 1.52. The van der Waals surface area contributed by atoms with Gasteiger partial charge in [0.05, 0.1) is 7.11 Å². The molecular weight excluding hydrogens is 238 g/mol. The van der Waals surface area contributed by atoms with Crippen LogP contribution in [0.4, 0.5) is 0 Å². The van der Waals surface area contributed by atoms with Gasteiger partial charge in [-0.1, -0.05) is 18.6 Å². The van der Waals surface area contributed by atoms with Crippen LogP contribution in [0.2, 0.25) is 0 Å². The summed E-state index contributed by atoms with van der Waals surface area (Å²) in [7, 11) is 1.66. The van der Waals surface area contributed by atoms with Crippen molar-refractivity contribution >= 4 is 5.91 Å². The van der Waals surface area contributed by atoms with Gasteiger partial charge in [0, 0.05) is 12.5 Å². The number of nitrogens with one attached hydrogen (secondary N) is 1. The van der Waals surface area contributed by atoms with Crippen molar-refractivity contribution in [1.82, 2.24) is 5.32 Å². The van der Waals surface area contributed by atoms with Crippen molar-refractivity contribution in [1.29, 1.82) is 0 Å². The summed E-state index contributed by atoms with van der Waals surface area (Å²) in [6.45, 7) is 0.622. The van der Waals surface area contributed by atoms with Crippen molar-refractivity contribution in [2.24, 2.45) is 17.8 Å². The molecule has 2 aliphatic rings. The van der Waals surface area contributed by atoms with Gasteiger partial charge in [-0.25, -0.2) is 0 Å². The fourth-order valence-corrected chi connectivity index (χ4v) is 3.63. The third-order valence-corrected chi connectivity index (χ3v) is 4.70. The fraction of sp³-hybridized carbons (Fsp3) is 0.562. The molecule has 1 aromatic rings. The molecule has 0 radical (unpaired) electrons. The predicted octanol–water partition coefficient (Wildman–Crippen LogP) is 2.75. The zero-order chi connectivity index (χ0) is 13.2. The Kier molecular flexibility index (Phi) is 3.45. The molecule has 3 rings (SSSR count). The van der Waals surface area contributed by atoms with Gasteiger partial charge >= 0.3 is 0 Å². The van der Waals surface area contributed by atoms with Crippen LogP contribution in [0.5, 0.6) is 5.75 Å². The molecule has 1 N–H and O–H groups in total. The lowest BCUT2D eigenvalue weighted by molar-refractivity contribution is -0.126. The molecule has 0 aromatic heterocycles. The van der Waals surface area contributed by atoms with E-state index in [1.54, 1.807) is 7.11 Å². The van der Waals surface area contributed by atoms with E-state index in [1.807, 2.05) is 24.3 Å². The maximum absolute atomic E-state index is 12.2. The largest absolute Gasteiger partial charge is 0.497 e. The molecule has 0 unspecified atom stereocenters. The number of hydrogen-bond acceptors (Lipinski definition) is 2. The van der Waals surface area contributed by atoms with Crippen molar-refractivity contribution in [2.45, 2.75) is 32.2 Å². The highest BCUT2D eigenvalue weighted by molar-refractivity contribution is 5.79. The number of fused-ring (bicyclic) bond motifs is 2. The van der Waals surface area contributed by atoms with E-state index in [0.29, 0.717) is 12.5 Å². The zero-order valence-electron chi connectivity index (χ0n) is 11.4. The second-order valence-electron chi connectivity index (χ2n) is 5.85. The molecular formula is C16H21NO2. The molecule has 1 aromatic carbocycles. The number of benzene rings is 1. The number of carbonyl (C=O) groups is 1. The monoisotopic (exact) mass is 259 g/mol. The Morgan fingerprint density at radius 1 is 1.26 bits per heavy atom. The van der Waals surface area contributed by atoms with E-state index in [-0.39, 0.29) is 11.8 Å². The second kappa shape index (κ2) is 5.24. The van der Waals surface area contributed by atoms with Crippen molar-refractivity contribution in [3.63, 3.8) is 0 Å². The average molecular weight is 259 g/mol. The molecule has 0 heterocycles. The van der Waals surface area contributed by atoms with Crippen LogP contribution < -0.4 is 10.1 Å². The lowest BCUT2D eigenvalue weighted by Crippen LogP contribution is -2.33. The minimum atomic E-state index is 0.253. The molecule has 102 valence electrons. The Morgan fingerprint density at radius 2 is 2.05 bits per heavy atom. The highest BCUT2D eigenvalue weighted by atomic mass is 16.5. The molecule has 2 saturated carbocycles. The van der Waals surface area contributed by atoms with Gasteiger partial charge in [0.15, 0.2) is 0 Å². The van der Waals surface area contributed by atoms with Crippen molar-refractivity contribution in [2.75, 3.05) is 7.11 Å². The Morgan fingerprint density at radius 3 is 2.63 bits per heavy atom. The van der Waals surface area contributed by atoms with Crippen LogP contribution in [0.15, 0.2) is 24.3 Å². The van der Waals surface area contributed by atoms with E-state index < -0.39 is 0 Å². The molecule has 19 heavy (non-hydrogen) atoms. The number of methoxy groups -OCH3 is 1. The van der Waals surface area contributed by atoms with Crippen molar-refractivity contribution < 1.29 is 9.53 Å². The van der Waals surface area contributed by atoms with Crippen molar-refractivity contribution in [3.8, 4) is 5.75 Å². The minimum Gasteiger partial charge on any atom is -0.497 e. The number of carbonyl (C=O) groups excluding carboxylic acids is 1. The van der Waals surface area contributed by atoms with E-state index in [1.165, 1.54) is 19.3 Å². The standard InChI is InChI=1S/C16H21NO2/c1-19-14-6-3-11(4-7-14)10-17-16(18)15-9-12-2-5-13(15)8-12/h3-4,6-7,12-13,15H,2,5,8-10H2,1H3,(H,17,18)/t12-,13-,15-/m0/s1. The van der Waals surface area contributed by atoms with Crippen LogP contribution in [-0.2, 0) is 11.3 Å². The van der Waals surface area contributed by atoms with Gasteiger partial charge < -0.3 is 10.1 Å². The quantitative estimate of drug-likeness (QED) is 0.903. The van der Waals surface area contributed by atoms with E-state index >= 15 is 0 Å². The predicted molar refractivity (Wildman–Crippen MR) is 73.8 cm³/mol. The lowest BCUT2D eigenvalue weighted by atomic mass is 9.88. The van der Waals surface area contributed by atoms with Crippen LogP contribution in [0, 0.1) is 17.8 Å². The maximum Gasteiger partial charge on any atom is 0.223 e. The first-order valence-electron chi connectivity index (χ1n) is 7.17. The van der Waals surface area contributed by atoms with E-state index in [4.69, 9.17) is 4.74 Å².